The first-order chi connectivity index (χ1) is 9.06. The van der Waals surface area contributed by atoms with Gasteiger partial charge in [-0.2, -0.15) is 0 Å². The van der Waals surface area contributed by atoms with Crippen LogP contribution in [0.15, 0.2) is 9.59 Å². The maximum atomic E-state index is 12.2. The number of nitrogens with zero attached hydrogens (tertiary/aromatic N) is 4. The van der Waals surface area contributed by atoms with Gasteiger partial charge in [-0.25, -0.2) is 9.48 Å². The van der Waals surface area contributed by atoms with Gasteiger partial charge in [-0.1, -0.05) is 0 Å². The molecule has 2 atom stereocenters. The van der Waals surface area contributed by atoms with Gasteiger partial charge in [0.1, 0.15) is 0 Å². The molecule has 0 saturated carbocycles. The second-order valence-electron chi connectivity index (χ2n) is 5.47. The summed E-state index contributed by atoms with van der Waals surface area (Å²) in [6.07, 6.45) is 3.38. The normalized spacial score (nSPS) is 26.5. The summed E-state index contributed by atoms with van der Waals surface area (Å²) in [7, 11) is 3.07. The van der Waals surface area contributed by atoms with Crippen LogP contribution in [0.1, 0.15) is 19.3 Å². The number of rotatable bonds is 1. The molecule has 0 aliphatic carbocycles. The highest BCUT2D eigenvalue weighted by Gasteiger charge is 2.31. The molecule has 3 heterocycles. The summed E-state index contributed by atoms with van der Waals surface area (Å²) < 4.78 is 2.35. The van der Waals surface area contributed by atoms with Crippen LogP contribution in [0.3, 0.4) is 0 Å². The molecule has 104 valence electrons. The third-order valence-corrected chi connectivity index (χ3v) is 4.13. The van der Waals surface area contributed by atoms with Crippen molar-refractivity contribution in [2.45, 2.75) is 31.3 Å². The van der Waals surface area contributed by atoms with Crippen LogP contribution in [-0.2, 0) is 14.1 Å². The Labute approximate surface area is 110 Å². The smallest absolute Gasteiger partial charge is 0.346 e. The van der Waals surface area contributed by atoms with Gasteiger partial charge in [0, 0.05) is 39.3 Å². The van der Waals surface area contributed by atoms with Crippen LogP contribution < -0.4 is 21.5 Å². The number of hydrogen-bond donors (Lipinski definition) is 1. The molecule has 0 aromatic carbocycles. The van der Waals surface area contributed by atoms with Gasteiger partial charge in [0.25, 0.3) is 5.56 Å². The highest BCUT2D eigenvalue weighted by Crippen LogP contribution is 2.21. The standard InChI is InChI=1S/C12H19N5O2/c1-15-11(18)10(14-16(2)12(15)19)17-6-5-8-3-4-9(7-17)13-8/h8-9,13H,3-7H2,1-2H3. The van der Waals surface area contributed by atoms with E-state index in [0.717, 1.165) is 30.5 Å². The quantitative estimate of drug-likeness (QED) is 0.691. The summed E-state index contributed by atoms with van der Waals surface area (Å²) in [6, 6.07) is 0.989. The molecule has 2 aliphatic heterocycles. The first-order valence-corrected chi connectivity index (χ1v) is 6.71. The van der Waals surface area contributed by atoms with Gasteiger partial charge in [-0.05, 0) is 19.3 Å². The summed E-state index contributed by atoms with van der Waals surface area (Å²) >= 11 is 0. The Balaban J connectivity index is 1.98. The van der Waals surface area contributed by atoms with Crippen LogP contribution in [-0.4, -0.2) is 39.5 Å². The molecule has 0 amide bonds. The topological polar surface area (TPSA) is 72.2 Å². The lowest BCUT2D eigenvalue weighted by Gasteiger charge is -2.24. The molecule has 0 spiro atoms. The van der Waals surface area contributed by atoms with Crippen LogP contribution in [0.5, 0.6) is 0 Å². The second kappa shape index (κ2) is 4.48. The number of nitrogens with one attached hydrogen (secondary N) is 1. The average Bonchev–Trinajstić information content (AvgIpc) is 2.72. The van der Waals surface area contributed by atoms with E-state index in [9.17, 15) is 9.59 Å². The first kappa shape index (κ1) is 12.4. The minimum absolute atomic E-state index is 0.305. The highest BCUT2D eigenvalue weighted by atomic mass is 16.2. The van der Waals surface area contributed by atoms with Crippen LogP contribution in [0, 0.1) is 0 Å². The molecule has 7 heteroatoms. The predicted molar refractivity (Wildman–Crippen MR) is 71.5 cm³/mol. The predicted octanol–water partition coefficient (Wildman–Crippen LogP) is -1.19. The largest absolute Gasteiger partial charge is 0.349 e. The Morgan fingerprint density at radius 3 is 2.68 bits per heavy atom. The Morgan fingerprint density at radius 2 is 1.89 bits per heavy atom. The molecule has 2 fully saturated rings. The van der Waals surface area contributed by atoms with E-state index in [-0.39, 0.29) is 11.2 Å². The van der Waals surface area contributed by atoms with Gasteiger partial charge in [0.15, 0.2) is 0 Å². The van der Waals surface area contributed by atoms with Crippen molar-refractivity contribution in [3.63, 3.8) is 0 Å². The average molecular weight is 265 g/mol. The lowest BCUT2D eigenvalue weighted by Crippen LogP contribution is -2.45. The van der Waals surface area contributed by atoms with E-state index in [0.29, 0.717) is 17.9 Å². The minimum atomic E-state index is -0.386. The zero-order chi connectivity index (χ0) is 13.6. The van der Waals surface area contributed by atoms with E-state index in [1.54, 1.807) is 7.05 Å². The van der Waals surface area contributed by atoms with Crippen molar-refractivity contribution in [2.24, 2.45) is 14.1 Å². The number of aromatic nitrogens is 3. The van der Waals surface area contributed by atoms with E-state index < -0.39 is 0 Å². The van der Waals surface area contributed by atoms with E-state index in [1.807, 2.05) is 4.90 Å². The van der Waals surface area contributed by atoms with Crippen molar-refractivity contribution < 1.29 is 0 Å². The molecule has 2 saturated heterocycles. The Morgan fingerprint density at radius 1 is 1.16 bits per heavy atom. The van der Waals surface area contributed by atoms with E-state index in [1.165, 1.54) is 18.2 Å². The van der Waals surface area contributed by atoms with Crippen LogP contribution in [0.4, 0.5) is 5.82 Å². The summed E-state index contributed by atoms with van der Waals surface area (Å²) in [5.41, 5.74) is -0.691. The van der Waals surface area contributed by atoms with Gasteiger partial charge in [0.05, 0.1) is 0 Å². The molecule has 7 nitrogen and oxygen atoms in total. The fraction of sp³-hybridized carbons (Fsp3) is 0.750. The third kappa shape index (κ3) is 2.07. The molecule has 3 rings (SSSR count). The van der Waals surface area contributed by atoms with Crippen molar-refractivity contribution in [3.8, 4) is 0 Å². The van der Waals surface area contributed by atoms with E-state index in [4.69, 9.17) is 0 Å². The maximum absolute atomic E-state index is 12.2. The van der Waals surface area contributed by atoms with Crippen molar-refractivity contribution >= 4 is 5.82 Å². The molecular formula is C12H19N5O2. The van der Waals surface area contributed by atoms with Gasteiger partial charge in [0.2, 0.25) is 5.82 Å². The molecular weight excluding hydrogens is 246 g/mol. The third-order valence-electron chi connectivity index (χ3n) is 4.13. The molecule has 1 aromatic heterocycles. The SMILES string of the molecule is Cn1nc(N2CCC3CCC(C2)N3)c(=O)n(C)c1=O. The zero-order valence-electron chi connectivity index (χ0n) is 11.3. The summed E-state index contributed by atoms with van der Waals surface area (Å²) in [5.74, 6) is 0.388. The molecule has 2 aliphatic rings. The minimum Gasteiger partial charge on any atom is -0.349 e. The van der Waals surface area contributed by atoms with Crippen molar-refractivity contribution in [3.05, 3.63) is 20.8 Å². The van der Waals surface area contributed by atoms with Gasteiger partial charge >= 0.3 is 5.69 Å². The van der Waals surface area contributed by atoms with Gasteiger partial charge < -0.3 is 10.2 Å². The lowest BCUT2D eigenvalue weighted by atomic mass is 10.1. The monoisotopic (exact) mass is 265 g/mol. The van der Waals surface area contributed by atoms with Crippen molar-refractivity contribution in [2.75, 3.05) is 18.0 Å². The van der Waals surface area contributed by atoms with E-state index in [2.05, 4.69) is 10.4 Å². The highest BCUT2D eigenvalue weighted by molar-refractivity contribution is 5.35. The molecule has 1 aromatic rings. The summed E-state index contributed by atoms with van der Waals surface area (Å²) in [4.78, 5) is 25.8. The zero-order valence-corrected chi connectivity index (χ0v) is 11.3. The number of aryl methyl sites for hydroxylation is 1. The number of anilines is 1. The van der Waals surface area contributed by atoms with Crippen LogP contribution >= 0.6 is 0 Å². The number of fused-ring (bicyclic) bond motifs is 2. The fourth-order valence-corrected chi connectivity index (χ4v) is 3.02. The second-order valence-corrected chi connectivity index (χ2v) is 5.47. The van der Waals surface area contributed by atoms with Crippen molar-refractivity contribution in [1.82, 2.24) is 19.7 Å². The fourth-order valence-electron chi connectivity index (χ4n) is 3.02. The summed E-state index contributed by atoms with van der Waals surface area (Å²) in [6.45, 7) is 1.60. The van der Waals surface area contributed by atoms with Crippen LogP contribution in [0.2, 0.25) is 0 Å². The molecule has 1 N–H and O–H groups in total. The van der Waals surface area contributed by atoms with Gasteiger partial charge in [-0.3, -0.25) is 9.36 Å². The maximum Gasteiger partial charge on any atom is 0.346 e. The van der Waals surface area contributed by atoms with Gasteiger partial charge in [-0.15, -0.1) is 5.10 Å². The molecule has 2 unspecified atom stereocenters. The molecule has 2 bridgehead atoms. The molecule has 19 heavy (non-hydrogen) atoms. The Hall–Kier alpha value is -1.63. The summed E-state index contributed by atoms with van der Waals surface area (Å²) in [5, 5.41) is 7.72. The van der Waals surface area contributed by atoms with Crippen LogP contribution in [0.25, 0.3) is 0 Å². The Bertz CT molecular complexity index is 605. The Kier molecular flexibility index (Phi) is 2.93. The number of hydrogen-bond acceptors (Lipinski definition) is 5. The first-order valence-electron chi connectivity index (χ1n) is 6.71. The van der Waals surface area contributed by atoms with E-state index >= 15 is 0 Å². The lowest BCUT2D eigenvalue weighted by molar-refractivity contribution is 0.563. The molecule has 0 radical (unpaired) electrons. The van der Waals surface area contributed by atoms with Crippen molar-refractivity contribution in [1.29, 1.82) is 0 Å².